The van der Waals surface area contributed by atoms with Crippen LogP contribution in [0.25, 0.3) is 10.9 Å². The maximum absolute atomic E-state index is 6.31. The van der Waals surface area contributed by atoms with Gasteiger partial charge >= 0.3 is 0 Å². The van der Waals surface area contributed by atoms with Crippen molar-refractivity contribution in [1.29, 1.82) is 0 Å². The van der Waals surface area contributed by atoms with Crippen molar-refractivity contribution in [1.82, 2.24) is 19.4 Å². The van der Waals surface area contributed by atoms with Gasteiger partial charge in [-0.25, -0.2) is 4.98 Å². The summed E-state index contributed by atoms with van der Waals surface area (Å²) in [4.78, 5) is 10.4. The fourth-order valence-corrected chi connectivity index (χ4v) is 3.98. The number of likely N-dealkylation sites (tertiary alicyclic amines) is 1. The average Bonchev–Trinajstić information content (AvgIpc) is 3.30. The molecule has 0 radical (unpaired) electrons. The molecule has 3 aromatic rings. The molecule has 4 heterocycles. The third-order valence-corrected chi connectivity index (χ3v) is 5.39. The lowest BCUT2D eigenvalue weighted by atomic mass is 10.1. The van der Waals surface area contributed by atoms with Crippen LogP contribution in [0.5, 0.6) is 5.75 Å². The number of aromatic amines is 1. The SMILES string of the molecule is c1cc(OC2CCN(Cc3cn4c(n3)COCC4)CC2)c2cc[nH]c2c1. The van der Waals surface area contributed by atoms with E-state index in [1.54, 1.807) is 0 Å². The molecule has 0 aliphatic carbocycles. The zero-order valence-electron chi connectivity index (χ0n) is 14.9. The summed E-state index contributed by atoms with van der Waals surface area (Å²) < 4.78 is 14.0. The molecular formula is C20H24N4O2. The molecule has 26 heavy (non-hydrogen) atoms. The van der Waals surface area contributed by atoms with Gasteiger partial charge in [-0.15, -0.1) is 0 Å². The topological polar surface area (TPSA) is 55.3 Å². The van der Waals surface area contributed by atoms with Crippen LogP contribution in [0.2, 0.25) is 0 Å². The minimum atomic E-state index is 0.287. The second-order valence-electron chi connectivity index (χ2n) is 7.18. The van der Waals surface area contributed by atoms with Gasteiger partial charge in [0.15, 0.2) is 0 Å². The van der Waals surface area contributed by atoms with E-state index < -0.39 is 0 Å². The largest absolute Gasteiger partial charge is 0.490 e. The van der Waals surface area contributed by atoms with Crippen molar-refractivity contribution in [3.63, 3.8) is 0 Å². The van der Waals surface area contributed by atoms with E-state index in [-0.39, 0.29) is 6.10 Å². The van der Waals surface area contributed by atoms with Gasteiger partial charge in [-0.3, -0.25) is 4.90 Å². The molecule has 136 valence electrons. The smallest absolute Gasteiger partial charge is 0.135 e. The molecule has 0 unspecified atom stereocenters. The molecule has 5 rings (SSSR count). The van der Waals surface area contributed by atoms with Crippen molar-refractivity contribution in [3.8, 4) is 5.75 Å². The number of fused-ring (bicyclic) bond motifs is 2. The predicted molar refractivity (Wildman–Crippen MR) is 99.1 cm³/mol. The van der Waals surface area contributed by atoms with Crippen LogP contribution in [-0.4, -0.2) is 45.2 Å². The Kier molecular flexibility index (Phi) is 4.15. The highest BCUT2D eigenvalue weighted by atomic mass is 16.5. The van der Waals surface area contributed by atoms with E-state index in [2.05, 4.69) is 38.8 Å². The van der Waals surface area contributed by atoms with E-state index in [0.717, 1.165) is 68.4 Å². The summed E-state index contributed by atoms with van der Waals surface area (Å²) in [6.07, 6.45) is 6.55. The lowest BCUT2D eigenvalue weighted by Gasteiger charge is -2.31. The lowest BCUT2D eigenvalue weighted by molar-refractivity contribution is 0.0815. The minimum absolute atomic E-state index is 0.287. The number of benzene rings is 1. The maximum atomic E-state index is 6.31. The average molecular weight is 352 g/mol. The fraction of sp³-hybridized carbons (Fsp3) is 0.450. The summed E-state index contributed by atoms with van der Waals surface area (Å²) >= 11 is 0. The predicted octanol–water partition coefficient (Wildman–Crippen LogP) is 2.94. The molecule has 0 atom stereocenters. The van der Waals surface area contributed by atoms with Crippen LogP contribution in [0.3, 0.4) is 0 Å². The number of aromatic nitrogens is 3. The Hall–Kier alpha value is -2.31. The van der Waals surface area contributed by atoms with Gasteiger partial charge in [-0.2, -0.15) is 0 Å². The molecule has 1 saturated heterocycles. The van der Waals surface area contributed by atoms with E-state index in [9.17, 15) is 0 Å². The molecule has 1 aromatic carbocycles. The molecule has 2 aliphatic heterocycles. The van der Waals surface area contributed by atoms with E-state index in [1.165, 1.54) is 5.39 Å². The number of piperidine rings is 1. The highest BCUT2D eigenvalue weighted by Gasteiger charge is 2.22. The Labute approximate surface area is 152 Å². The van der Waals surface area contributed by atoms with Crippen molar-refractivity contribution in [3.05, 3.63) is 48.2 Å². The fourth-order valence-electron chi connectivity index (χ4n) is 3.98. The molecule has 1 fully saturated rings. The van der Waals surface area contributed by atoms with Crippen molar-refractivity contribution < 1.29 is 9.47 Å². The third kappa shape index (κ3) is 3.10. The van der Waals surface area contributed by atoms with Crippen molar-refractivity contribution in [2.75, 3.05) is 19.7 Å². The van der Waals surface area contributed by atoms with Crippen LogP contribution in [0.4, 0.5) is 0 Å². The summed E-state index contributed by atoms with van der Waals surface area (Å²) in [7, 11) is 0. The quantitative estimate of drug-likeness (QED) is 0.784. The molecule has 6 heteroatoms. The van der Waals surface area contributed by atoms with E-state index >= 15 is 0 Å². The second kappa shape index (κ2) is 6.78. The normalized spacial score (nSPS) is 18.9. The first-order chi connectivity index (χ1) is 12.8. The van der Waals surface area contributed by atoms with Crippen LogP contribution in [-0.2, 0) is 24.4 Å². The van der Waals surface area contributed by atoms with Gasteiger partial charge in [0, 0.05) is 49.5 Å². The van der Waals surface area contributed by atoms with Crippen LogP contribution in [0, 0.1) is 0 Å². The van der Waals surface area contributed by atoms with Gasteiger partial charge in [0.25, 0.3) is 0 Å². The zero-order chi connectivity index (χ0) is 17.3. The van der Waals surface area contributed by atoms with Gasteiger partial charge in [-0.05, 0) is 31.0 Å². The van der Waals surface area contributed by atoms with Crippen LogP contribution < -0.4 is 4.74 Å². The first-order valence-electron chi connectivity index (χ1n) is 9.43. The summed E-state index contributed by atoms with van der Waals surface area (Å²) in [6, 6.07) is 8.29. The highest BCUT2D eigenvalue weighted by Crippen LogP contribution is 2.27. The number of imidazole rings is 1. The molecule has 0 amide bonds. The third-order valence-electron chi connectivity index (χ3n) is 5.39. The number of nitrogens with zero attached hydrogens (tertiary/aromatic N) is 3. The zero-order valence-corrected chi connectivity index (χ0v) is 14.9. The molecule has 6 nitrogen and oxygen atoms in total. The number of hydrogen-bond acceptors (Lipinski definition) is 4. The summed E-state index contributed by atoms with van der Waals surface area (Å²) in [5.74, 6) is 2.05. The van der Waals surface area contributed by atoms with Crippen molar-refractivity contribution >= 4 is 10.9 Å². The first-order valence-corrected chi connectivity index (χ1v) is 9.43. The summed E-state index contributed by atoms with van der Waals surface area (Å²) in [5.41, 5.74) is 2.29. The van der Waals surface area contributed by atoms with Crippen molar-refractivity contribution in [2.45, 2.75) is 38.6 Å². The van der Waals surface area contributed by atoms with Gasteiger partial charge in [0.2, 0.25) is 0 Å². The van der Waals surface area contributed by atoms with Crippen molar-refractivity contribution in [2.24, 2.45) is 0 Å². The number of H-pyrrole nitrogens is 1. The van der Waals surface area contributed by atoms with Gasteiger partial charge in [-0.1, -0.05) is 6.07 Å². The Morgan fingerprint density at radius 2 is 2.12 bits per heavy atom. The van der Waals surface area contributed by atoms with Crippen LogP contribution in [0.1, 0.15) is 24.4 Å². The minimum Gasteiger partial charge on any atom is -0.490 e. The Bertz CT molecular complexity index is 869. The van der Waals surface area contributed by atoms with Crippen LogP contribution in [0.15, 0.2) is 36.7 Å². The van der Waals surface area contributed by atoms with E-state index in [0.29, 0.717) is 6.61 Å². The van der Waals surface area contributed by atoms with Gasteiger partial charge < -0.3 is 19.0 Å². The first kappa shape index (κ1) is 15.9. The lowest BCUT2D eigenvalue weighted by Crippen LogP contribution is -2.37. The number of nitrogens with one attached hydrogen (secondary N) is 1. The Morgan fingerprint density at radius 3 is 3.00 bits per heavy atom. The Morgan fingerprint density at radius 1 is 1.19 bits per heavy atom. The number of rotatable bonds is 4. The summed E-state index contributed by atoms with van der Waals surface area (Å²) in [5, 5.41) is 1.17. The van der Waals surface area contributed by atoms with Gasteiger partial charge in [0.1, 0.15) is 24.3 Å². The molecule has 1 N–H and O–H groups in total. The standard InChI is InChI=1S/C20H24N4O2/c1-2-18-17(4-7-21-18)19(3-1)26-16-5-8-23(9-6-16)12-15-13-24-10-11-25-14-20(24)22-15/h1-4,7,13,16,21H,5-6,8-12,14H2. The highest BCUT2D eigenvalue weighted by molar-refractivity contribution is 5.85. The number of ether oxygens (including phenoxy) is 2. The number of hydrogen-bond donors (Lipinski definition) is 1. The molecule has 0 spiro atoms. The Balaban J connectivity index is 1.18. The molecule has 0 bridgehead atoms. The molecular weight excluding hydrogens is 328 g/mol. The molecule has 2 aliphatic rings. The molecule has 0 saturated carbocycles. The maximum Gasteiger partial charge on any atom is 0.135 e. The summed E-state index contributed by atoms with van der Waals surface area (Å²) in [6.45, 7) is 5.36. The molecule has 2 aromatic heterocycles. The van der Waals surface area contributed by atoms with E-state index in [4.69, 9.17) is 14.5 Å². The van der Waals surface area contributed by atoms with E-state index in [1.807, 2.05) is 12.3 Å². The van der Waals surface area contributed by atoms with Crippen LogP contribution >= 0.6 is 0 Å². The van der Waals surface area contributed by atoms with Gasteiger partial charge in [0.05, 0.1) is 12.3 Å². The second-order valence-corrected chi connectivity index (χ2v) is 7.18. The monoisotopic (exact) mass is 352 g/mol.